The zero-order valence-corrected chi connectivity index (χ0v) is 12.9. The Labute approximate surface area is 121 Å². The predicted octanol–water partition coefficient (Wildman–Crippen LogP) is 1.07. The quantitative estimate of drug-likeness (QED) is 0.761. The number of hydrogen-bond acceptors (Lipinski definition) is 3. The highest BCUT2D eigenvalue weighted by Gasteiger charge is 2.03. The fraction of sp³-hybridized carbons (Fsp3) is 0.538. The van der Waals surface area contributed by atoms with Gasteiger partial charge in [-0.2, -0.15) is 0 Å². The average molecular weight is 330 g/mol. The Morgan fingerprint density at radius 3 is 2.84 bits per heavy atom. The van der Waals surface area contributed by atoms with Crippen LogP contribution in [-0.2, 0) is 11.3 Å². The molecule has 19 heavy (non-hydrogen) atoms. The molecule has 0 spiro atoms. The van der Waals surface area contributed by atoms with Gasteiger partial charge in [0.05, 0.1) is 0 Å². The van der Waals surface area contributed by atoms with Gasteiger partial charge in [-0.1, -0.05) is 0 Å². The first-order valence-electron chi connectivity index (χ1n) is 6.26. The van der Waals surface area contributed by atoms with Crippen LogP contribution >= 0.6 is 15.9 Å². The maximum Gasteiger partial charge on any atom is 0.250 e. The molecule has 1 rings (SSSR count). The van der Waals surface area contributed by atoms with Crippen molar-refractivity contribution < 1.29 is 4.79 Å². The van der Waals surface area contributed by atoms with Gasteiger partial charge in [-0.3, -0.25) is 9.59 Å². The van der Waals surface area contributed by atoms with Crippen molar-refractivity contribution in [3.63, 3.8) is 0 Å². The first-order valence-corrected chi connectivity index (χ1v) is 7.06. The van der Waals surface area contributed by atoms with E-state index in [2.05, 4.69) is 26.1 Å². The summed E-state index contributed by atoms with van der Waals surface area (Å²) in [5.74, 6) is -0.0226. The second kappa shape index (κ2) is 8.12. The van der Waals surface area contributed by atoms with Crippen molar-refractivity contribution in [2.24, 2.45) is 0 Å². The lowest BCUT2D eigenvalue weighted by molar-refractivity contribution is -0.121. The SMILES string of the molecule is CN(C)CCCNC(=O)CCn1cc(Br)ccc1=O. The Balaban J connectivity index is 2.30. The number of aromatic nitrogens is 1. The third kappa shape index (κ3) is 6.54. The molecule has 1 N–H and O–H groups in total. The van der Waals surface area contributed by atoms with Crippen LogP contribution < -0.4 is 10.9 Å². The summed E-state index contributed by atoms with van der Waals surface area (Å²) in [6.45, 7) is 2.02. The number of carbonyl (C=O) groups excluding carboxylic acids is 1. The molecule has 0 bridgehead atoms. The molecule has 0 saturated carbocycles. The molecule has 0 unspecified atom stereocenters. The Morgan fingerprint density at radius 1 is 1.42 bits per heavy atom. The molecular weight excluding hydrogens is 310 g/mol. The highest BCUT2D eigenvalue weighted by atomic mass is 79.9. The molecule has 0 aliphatic carbocycles. The van der Waals surface area contributed by atoms with Crippen LogP contribution in [0.3, 0.4) is 0 Å². The molecule has 0 aliphatic rings. The number of pyridine rings is 1. The van der Waals surface area contributed by atoms with Crippen molar-refractivity contribution in [3.8, 4) is 0 Å². The second-order valence-electron chi connectivity index (χ2n) is 4.64. The number of amides is 1. The van der Waals surface area contributed by atoms with E-state index in [-0.39, 0.29) is 11.5 Å². The van der Waals surface area contributed by atoms with Crippen LogP contribution in [0.4, 0.5) is 0 Å². The Kier molecular flexibility index (Phi) is 6.80. The maximum absolute atomic E-state index is 11.6. The summed E-state index contributed by atoms with van der Waals surface area (Å²) < 4.78 is 2.36. The third-order valence-electron chi connectivity index (χ3n) is 2.63. The monoisotopic (exact) mass is 329 g/mol. The molecule has 0 aliphatic heterocycles. The first-order chi connectivity index (χ1) is 8.99. The summed E-state index contributed by atoms with van der Waals surface area (Å²) in [6.07, 6.45) is 2.94. The van der Waals surface area contributed by atoms with Crippen LogP contribution in [0.25, 0.3) is 0 Å². The molecule has 1 amide bonds. The van der Waals surface area contributed by atoms with Crippen LogP contribution in [0.15, 0.2) is 27.6 Å². The van der Waals surface area contributed by atoms with Gasteiger partial charge in [0.15, 0.2) is 0 Å². The van der Waals surface area contributed by atoms with Gasteiger partial charge < -0.3 is 14.8 Å². The minimum atomic E-state index is -0.0939. The van der Waals surface area contributed by atoms with E-state index >= 15 is 0 Å². The smallest absolute Gasteiger partial charge is 0.250 e. The van der Waals surface area contributed by atoms with Gasteiger partial charge in [-0.05, 0) is 49.1 Å². The van der Waals surface area contributed by atoms with Crippen molar-refractivity contribution in [2.45, 2.75) is 19.4 Å². The van der Waals surface area contributed by atoms with Crippen molar-refractivity contribution >= 4 is 21.8 Å². The molecule has 0 fully saturated rings. The summed E-state index contributed by atoms with van der Waals surface area (Å²) in [4.78, 5) is 25.2. The molecule has 6 heteroatoms. The molecule has 0 aromatic carbocycles. The summed E-state index contributed by atoms with van der Waals surface area (Å²) >= 11 is 3.30. The molecule has 5 nitrogen and oxygen atoms in total. The van der Waals surface area contributed by atoms with Crippen LogP contribution in [0, 0.1) is 0 Å². The van der Waals surface area contributed by atoms with Gasteiger partial charge in [0, 0.05) is 36.2 Å². The van der Waals surface area contributed by atoms with Crippen LogP contribution in [0.2, 0.25) is 0 Å². The molecule has 106 valence electrons. The third-order valence-corrected chi connectivity index (χ3v) is 3.10. The highest BCUT2D eigenvalue weighted by molar-refractivity contribution is 9.10. The number of halogens is 1. The van der Waals surface area contributed by atoms with Gasteiger partial charge in [-0.15, -0.1) is 0 Å². The lowest BCUT2D eigenvalue weighted by Gasteiger charge is -2.10. The minimum absolute atomic E-state index is 0.0226. The van der Waals surface area contributed by atoms with E-state index in [1.807, 2.05) is 14.1 Å². The second-order valence-corrected chi connectivity index (χ2v) is 5.55. The van der Waals surface area contributed by atoms with E-state index < -0.39 is 0 Å². The molecule has 1 aromatic heterocycles. The van der Waals surface area contributed by atoms with E-state index in [0.717, 1.165) is 17.4 Å². The topological polar surface area (TPSA) is 54.3 Å². The standard InChI is InChI=1S/C13H20BrN3O2/c1-16(2)8-3-7-15-12(18)6-9-17-10-11(14)4-5-13(17)19/h4-5,10H,3,6-9H2,1-2H3,(H,15,18). The van der Waals surface area contributed by atoms with Crippen molar-refractivity contribution in [2.75, 3.05) is 27.2 Å². The molecule has 0 saturated heterocycles. The lowest BCUT2D eigenvalue weighted by Crippen LogP contribution is -2.29. The van der Waals surface area contributed by atoms with Gasteiger partial charge in [0.25, 0.3) is 5.56 Å². The van der Waals surface area contributed by atoms with E-state index in [0.29, 0.717) is 19.5 Å². The number of nitrogens with one attached hydrogen (secondary N) is 1. The molecule has 1 heterocycles. The number of rotatable bonds is 7. The van der Waals surface area contributed by atoms with Gasteiger partial charge in [0.2, 0.25) is 5.91 Å². The van der Waals surface area contributed by atoms with E-state index in [4.69, 9.17) is 0 Å². The normalized spacial score (nSPS) is 10.7. The zero-order valence-electron chi connectivity index (χ0n) is 11.4. The van der Waals surface area contributed by atoms with Crippen LogP contribution in [0.1, 0.15) is 12.8 Å². The predicted molar refractivity (Wildman–Crippen MR) is 79.2 cm³/mol. The zero-order chi connectivity index (χ0) is 14.3. The number of aryl methyl sites for hydroxylation is 1. The van der Waals surface area contributed by atoms with Crippen molar-refractivity contribution in [1.29, 1.82) is 0 Å². The average Bonchev–Trinajstić information content (AvgIpc) is 2.35. The molecule has 1 aromatic rings. The number of hydrogen-bond donors (Lipinski definition) is 1. The van der Waals surface area contributed by atoms with Gasteiger partial charge in [-0.25, -0.2) is 0 Å². The Hall–Kier alpha value is -1.14. The van der Waals surface area contributed by atoms with E-state index in [1.165, 1.54) is 10.6 Å². The molecule has 0 atom stereocenters. The maximum atomic E-state index is 11.6. The van der Waals surface area contributed by atoms with Gasteiger partial charge >= 0.3 is 0 Å². The summed E-state index contributed by atoms with van der Waals surface area (Å²) in [5.41, 5.74) is -0.0939. The van der Waals surface area contributed by atoms with E-state index in [1.54, 1.807) is 12.3 Å². The molecular formula is C13H20BrN3O2. The summed E-state index contributed by atoms with van der Waals surface area (Å²) in [5, 5.41) is 2.85. The summed E-state index contributed by atoms with van der Waals surface area (Å²) in [7, 11) is 4.00. The molecule has 0 radical (unpaired) electrons. The summed E-state index contributed by atoms with van der Waals surface area (Å²) in [6, 6.07) is 3.18. The lowest BCUT2D eigenvalue weighted by atomic mass is 10.3. The van der Waals surface area contributed by atoms with Crippen LogP contribution in [0.5, 0.6) is 0 Å². The highest BCUT2D eigenvalue weighted by Crippen LogP contribution is 2.05. The van der Waals surface area contributed by atoms with Gasteiger partial charge in [0.1, 0.15) is 0 Å². The Morgan fingerprint density at radius 2 is 2.16 bits per heavy atom. The largest absolute Gasteiger partial charge is 0.356 e. The number of nitrogens with zero attached hydrogens (tertiary/aromatic N) is 2. The van der Waals surface area contributed by atoms with Crippen molar-refractivity contribution in [1.82, 2.24) is 14.8 Å². The van der Waals surface area contributed by atoms with Crippen molar-refractivity contribution in [3.05, 3.63) is 33.2 Å². The van der Waals surface area contributed by atoms with E-state index in [9.17, 15) is 9.59 Å². The first kappa shape index (κ1) is 15.9. The van der Waals surface area contributed by atoms with Crippen LogP contribution in [-0.4, -0.2) is 42.6 Å². The fourth-order valence-corrected chi connectivity index (χ4v) is 1.99. The minimum Gasteiger partial charge on any atom is -0.356 e. The number of carbonyl (C=O) groups is 1. The Bertz CT molecular complexity index is 471. The fourth-order valence-electron chi connectivity index (χ4n) is 1.61.